The van der Waals surface area contributed by atoms with E-state index in [1.165, 1.54) is 133 Å². The van der Waals surface area contributed by atoms with E-state index >= 15 is 0 Å². The fourth-order valence-corrected chi connectivity index (χ4v) is 17.4. The van der Waals surface area contributed by atoms with Gasteiger partial charge in [0.1, 0.15) is 0 Å². The molecule has 0 N–H and O–H groups in total. The van der Waals surface area contributed by atoms with Crippen molar-refractivity contribution in [2.45, 2.75) is 48.0 Å². The molecule has 20 aromatic rings. The summed E-state index contributed by atoms with van der Waals surface area (Å²) in [4.78, 5) is 9.26. The predicted octanol–water partition coefficient (Wildman–Crippen LogP) is 33.2. The van der Waals surface area contributed by atoms with Crippen molar-refractivity contribution in [2.24, 2.45) is 0 Å². The molecular formula is C120H103BN6P2. The van der Waals surface area contributed by atoms with Crippen molar-refractivity contribution in [3.05, 3.63) is 506 Å². The van der Waals surface area contributed by atoms with E-state index in [0.29, 0.717) is 6.06 Å². The molecule has 6 nitrogen and oxygen atoms in total. The molecule has 18 aromatic carbocycles. The monoisotopic (exact) mass is 1700 g/mol. The standard InChI is InChI=1S/C45H40N2.C38H32N2.C36H24N2.CH4BP.H3P/c1-32-5-19-40(20-6-32)46(41-21-7-33(2)8-22-41)44-27-15-36(16-28-44)38-13-14-39(31-38)37-17-29-45(30-18-37)47(42-23-9-34(3)10-24-42)43-25-11-35(4)12-26-43;1-29-11-9-17-37(27-29)39(33-13-5-3-6-14-33)35-23-19-31(20-24-35)32-21-25-36(26-22-32)40(34-15-7-4-8-16-34)38-18-10-12-30(2)28-38;1-5-13-33-29(9-1)30-10-2-6-14-34(30)37(33)27-21-17-25(18-22-27)26-19-23-28(24-20-26)38-35-15-7-3-11-31(35)32-12-4-8-16-36(32)38;2-1-3;/h5-30H,31H2,1-4H3;3-28H,1-2H3;1-24H;1,3H2;1H3/i;;;;1TD. The summed E-state index contributed by atoms with van der Waals surface area (Å²) in [5.74, 6) is 0. The Bertz CT molecular complexity index is 6660. The molecule has 0 amide bonds. The number of aryl methyl sites for hydroxylation is 6. The molecule has 0 spiro atoms. The molecule has 129 heavy (non-hydrogen) atoms. The summed E-state index contributed by atoms with van der Waals surface area (Å²) >= 11 is 0. The van der Waals surface area contributed by atoms with Crippen LogP contribution in [0.3, 0.4) is 0 Å². The lowest BCUT2D eigenvalue weighted by Gasteiger charge is -2.26. The molecule has 0 fully saturated rings. The molecule has 1 aliphatic rings. The third kappa shape index (κ3) is 19.2. The minimum atomic E-state index is -0.417. The number of benzene rings is 18. The van der Waals surface area contributed by atoms with Gasteiger partial charge < -0.3 is 28.7 Å². The summed E-state index contributed by atoms with van der Waals surface area (Å²) in [6, 6.07) is 162. The van der Waals surface area contributed by atoms with Crippen LogP contribution in [0.2, 0.25) is 0 Å². The molecule has 21 rings (SSSR count). The van der Waals surface area contributed by atoms with Crippen molar-refractivity contribution in [3.8, 4) is 33.6 Å². The van der Waals surface area contributed by atoms with Gasteiger partial charge in [-0.25, -0.2) is 0 Å². The molecule has 1 aliphatic carbocycles. The van der Waals surface area contributed by atoms with E-state index in [2.05, 4.69) is 541 Å². The Morgan fingerprint density at radius 2 is 0.457 bits per heavy atom. The first-order valence-corrected chi connectivity index (χ1v) is 44.8. The number of para-hydroxylation sites is 6. The van der Waals surface area contributed by atoms with E-state index < -0.39 is 9.79 Å². The molecule has 0 saturated carbocycles. The zero-order valence-electron chi connectivity index (χ0n) is 75.6. The maximum absolute atomic E-state index is 5.90. The Balaban J connectivity index is 0.000000134. The normalized spacial score (nSPS) is 11.7. The minimum absolute atomic E-state index is 0.417. The molecule has 2 heterocycles. The van der Waals surface area contributed by atoms with Gasteiger partial charge in [-0.2, -0.15) is 9.79 Å². The molecule has 626 valence electrons. The van der Waals surface area contributed by atoms with E-state index in [1.807, 2.05) is 0 Å². The number of nitrogens with zero attached hydrogens (tertiary/aromatic N) is 6. The predicted molar refractivity (Wildman–Crippen MR) is 564 cm³/mol. The Labute approximate surface area is 769 Å². The molecule has 2 atom stereocenters. The van der Waals surface area contributed by atoms with Crippen LogP contribution in [0.5, 0.6) is 0 Å². The summed E-state index contributed by atoms with van der Waals surface area (Å²) in [6.07, 6.45) is 5.47. The quantitative estimate of drug-likeness (QED) is 0.0631. The smallest absolute Gasteiger partial charge is 0.0709 e. The van der Waals surface area contributed by atoms with Crippen LogP contribution in [-0.4, -0.2) is 25.6 Å². The van der Waals surface area contributed by atoms with Crippen molar-refractivity contribution >= 4 is 150 Å². The van der Waals surface area contributed by atoms with Crippen LogP contribution in [0.4, 0.5) is 68.2 Å². The average molecular weight is 1700 g/mol. The van der Waals surface area contributed by atoms with Gasteiger partial charge in [-0.15, -0.1) is 9.24 Å². The van der Waals surface area contributed by atoms with E-state index in [4.69, 9.17) is 10.4 Å². The molecule has 0 saturated heterocycles. The molecule has 2 aromatic heterocycles. The van der Waals surface area contributed by atoms with E-state index in [1.54, 1.807) is 0 Å². The molecule has 0 bridgehead atoms. The maximum atomic E-state index is 5.90. The highest BCUT2D eigenvalue weighted by Crippen LogP contribution is 2.44. The van der Waals surface area contributed by atoms with Crippen LogP contribution < -0.4 is 19.6 Å². The first-order valence-electron chi connectivity index (χ1n) is 44.9. The number of hydrogen-bond acceptors (Lipinski definition) is 4. The largest absolute Gasteiger partial charge is 0.311 e. The van der Waals surface area contributed by atoms with Crippen molar-refractivity contribution in [1.82, 2.24) is 9.13 Å². The third-order valence-electron chi connectivity index (χ3n) is 23.9. The van der Waals surface area contributed by atoms with E-state index in [-0.39, 0.29) is 0 Å². The van der Waals surface area contributed by atoms with Gasteiger partial charge in [-0.1, -0.05) is 295 Å². The van der Waals surface area contributed by atoms with Crippen LogP contribution in [-0.2, 0) is 0 Å². The summed E-state index contributed by atoms with van der Waals surface area (Å²) in [6.45, 7) is 12.8. The Kier molecular flexibility index (Phi) is 25.8. The Morgan fingerprint density at radius 3 is 0.713 bits per heavy atom. The van der Waals surface area contributed by atoms with Crippen molar-refractivity contribution in [3.63, 3.8) is 0 Å². The van der Waals surface area contributed by atoms with Crippen molar-refractivity contribution in [1.29, 1.82) is 2.56 Å². The van der Waals surface area contributed by atoms with Gasteiger partial charge in [0.05, 0.1) is 32.5 Å². The van der Waals surface area contributed by atoms with Crippen LogP contribution in [0.25, 0.3) is 88.4 Å². The average Bonchev–Trinajstić information content (AvgIpc) is 1.59. The first-order chi connectivity index (χ1) is 64.3. The zero-order chi connectivity index (χ0) is 90.1. The van der Waals surface area contributed by atoms with Gasteiger partial charge in [0.15, 0.2) is 0 Å². The molecule has 2 unspecified atom stereocenters. The summed E-state index contributed by atoms with van der Waals surface area (Å²) in [7, 11) is 6.75. The topological polar surface area (TPSA) is 22.8 Å². The zero-order valence-corrected chi connectivity index (χ0v) is 75.8. The lowest BCUT2D eigenvalue weighted by Crippen LogP contribution is -2.10. The van der Waals surface area contributed by atoms with Gasteiger partial charge in [-0.05, 0) is 298 Å². The second-order valence-corrected chi connectivity index (χ2v) is 33.3. The second kappa shape index (κ2) is 39.8. The van der Waals surface area contributed by atoms with E-state index in [9.17, 15) is 0 Å². The number of aromatic nitrogens is 2. The van der Waals surface area contributed by atoms with Crippen molar-refractivity contribution < 1.29 is 0 Å². The highest BCUT2D eigenvalue weighted by molar-refractivity contribution is 7.19. The third-order valence-corrected chi connectivity index (χ3v) is 23.9. The SMILES string of the molecule is Cc1ccc(N(c2ccc(C)cc2)c2ccc(C3=CC=C(c4ccc(N(c5ccc(C)cc5)c5ccc(C)cc5)cc4)C3)cc2)cc1.Cc1cccc(N(c2ccccc2)c2ccc(-c3ccc(N(c4ccccc4)c4cccc(C)c4)cc3)cc2)c1.[2H]P[3H].[B]CP.c1ccc2c(c1)c1ccccc1n2-c1ccc(-c2ccc(-n3c4ccccc4c4ccccc43)cc2)cc1. The number of fused-ring (bicyclic) bond motifs is 6. The van der Waals surface area contributed by atoms with Gasteiger partial charge in [0.25, 0.3) is 0 Å². The van der Waals surface area contributed by atoms with Gasteiger partial charge >= 0.3 is 0 Å². The minimum Gasteiger partial charge on any atom is -0.311 e. The van der Waals surface area contributed by atoms with Crippen molar-refractivity contribution in [2.75, 3.05) is 25.7 Å². The molecule has 9 heteroatoms. The van der Waals surface area contributed by atoms with Crippen LogP contribution in [0, 0.1) is 41.5 Å². The summed E-state index contributed by atoms with van der Waals surface area (Å²) < 4.78 is 16.5. The fourth-order valence-electron chi connectivity index (χ4n) is 17.4. The van der Waals surface area contributed by atoms with Gasteiger partial charge in [0, 0.05) is 101 Å². The highest BCUT2D eigenvalue weighted by atomic mass is 31.0. The Hall–Kier alpha value is -14.8. The first kappa shape index (κ1) is 83.7. The van der Waals surface area contributed by atoms with Crippen LogP contribution in [0.15, 0.2) is 461 Å². The van der Waals surface area contributed by atoms with Crippen LogP contribution in [0.1, 0.15) is 50.9 Å². The summed E-state index contributed by atoms with van der Waals surface area (Å²) in [5.41, 5.74) is 38.6. The Morgan fingerprint density at radius 1 is 0.256 bits per heavy atom. The molecular weight excluding hydrogens is 1600 g/mol. The number of hydrogen-bond donors (Lipinski definition) is 0. The van der Waals surface area contributed by atoms with Gasteiger partial charge in [0.2, 0.25) is 0 Å². The van der Waals surface area contributed by atoms with Gasteiger partial charge in [-0.3, -0.25) is 0 Å². The lowest BCUT2D eigenvalue weighted by molar-refractivity contribution is 1.18. The molecule has 2 radical (unpaired) electrons. The fraction of sp³-hybridized carbons (Fsp3) is 0.0667. The lowest BCUT2D eigenvalue weighted by atomic mass is 9.98. The summed E-state index contributed by atoms with van der Waals surface area (Å²) in [5, 5.41) is 5.14. The molecule has 0 aliphatic heterocycles. The van der Waals surface area contributed by atoms with Crippen LogP contribution >= 0.6 is 19.0 Å². The number of rotatable bonds is 18. The number of anilines is 12. The van der Waals surface area contributed by atoms with E-state index in [0.717, 1.165) is 74.7 Å². The second-order valence-electron chi connectivity index (χ2n) is 32.8. The highest BCUT2D eigenvalue weighted by Gasteiger charge is 2.22. The maximum Gasteiger partial charge on any atom is 0.0709 e. The number of allylic oxidation sites excluding steroid dienone is 4.